The number of carbonyl (C=O) groups is 3. The number of hydrogen-bond donors (Lipinski definition) is 2. The number of halogens is 1. The maximum atomic E-state index is 11.6. The molecule has 1 saturated heterocycles. The minimum atomic E-state index is -1.55. The third-order valence-electron chi connectivity index (χ3n) is 1.68. The molecule has 13 heteroatoms. The lowest BCUT2D eigenvalue weighted by Crippen LogP contribution is -2.20. The van der Waals surface area contributed by atoms with Crippen LogP contribution in [0.25, 0.3) is 0 Å². The second-order valence-corrected chi connectivity index (χ2v) is 3.62. The molecule has 0 aliphatic carbocycles. The van der Waals surface area contributed by atoms with Crippen LogP contribution in [0.5, 0.6) is 0 Å². The number of cyclic esters (lactones) is 2. The molecule has 2 unspecified atom stereocenters. The van der Waals surface area contributed by atoms with E-state index >= 15 is 0 Å². The molecule has 24 heavy (non-hydrogen) atoms. The zero-order valence-electron chi connectivity index (χ0n) is 12.1. The number of rotatable bonds is 3. The number of carbonyl (C=O) groups excluding carboxylic acids is 1. The van der Waals surface area contributed by atoms with Crippen molar-refractivity contribution >= 4 is 18.5 Å². The highest BCUT2D eigenvalue weighted by atomic mass is 19.1. The van der Waals surface area contributed by atoms with Gasteiger partial charge in [0.25, 0.3) is 6.36 Å². The van der Waals surface area contributed by atoms with Gasteiger partial charge in [0.05, 0.1) is 0 Å². The molecule has 136 valence electrons. The van der Waals surface area contributed by atoms with Gasteiger partial charge in [0.2, 0.25) is 0 Å². The number of alkyl halides is 1. The molecule has 1 fully saturated rings. The quantitative estimate of drug-likeness (QED) is 0.590. The lowest BCUT2D eigenvalue weighted by molar-refractivity contribution is 0.0122. The predicted octanol–water partition coefficient (Wildman–Crippen LogP) is 1.45. The van der Waals surface area contributed by atoms with E-state index in [0.717, 1.165) is 0 Å². The van der Waals surface area contributed by atoms with E-state index < -0.39 is 36.8 Å². The molecule has 2 N–H and O–H groups in total. The smallest absolute Gasteiger partial charge is 0.450 e. The molecule has 0 bridgehead atoms. The van der Waals surface area contributed by atoms with Crippen molar-refractivity contribution in [1.82, 2.24) is 0 Å². The molecule has 1 aromatic rings. The Kier molecular flexibility index (Phi) is 9.80. The Morgan fingerprint density at radius 2 is 1.88 bits per heavy atom. The predicted molar refractivity (Wildman–Crippen MR) is 67.1 cm³/mol. The molecule has 2 rings (SSSR count). The van der Waals surface area contributed by atoms with Gasteiger partial charge < -0.3 is 38.0 Å². The van der Waals surface area contributed by atoms with Crippen LogP contribution < -0.4 is 5.82 Å². The molecule has 0 aromatic carbocycles. The Morgan fingerprint density at radius 1 is 1.29 bits per heavy atom. The van der Waals surface area contributed by atoms with Crippen molar-refractivity contribution in [3.63, 3.8) is 0 Å². The molecular weight excluding hydrogens is 343 g/mol. The summed E-state index contributed by atoms with van der Waals surface area (Å²) in [5, 5.41) is 16.0. The Bertz CT molecular complexity index is 547. The van der Waals surface area contributed by atoms with Gasteiger partial charge in [-0.25, -0.2) is 19.2 Å². The monoisotopic (exact) mass is 356 g/mol. The third-order valence-corrected chi connectivity index (χ3v) is 1.68. The van der Waals surface area contributed by atoms with Gasteiger partial charge in [-0.05, 0) is 6.92 Å². The van der Waals surface area contributed by atoms with Gasteiger partial charge in [0.1, 0.15) is 25.2 Å². The topological polar surface area (TPSA) is 172 Å². The number of ether oxygens (including phenoxy) is 4. The van der Waals surface area contributed by atoms with Gasteiger partial charge in [-0.2, -0.15) is 4.39 Å². The second-order valence-electron chi connectivity index (χ2n) is 3.62. The van der Waals surface area contributed by atoms with Crippen molar-refractivity contribution in [2.24, 2.45) is 0 Å². The molecule has 1 aliphatic rings. The molecule has 0 radical (unpaired) electrons. The van der Waals surface area contributed by atoms with Crippen molar-refractivity contribution in [3.8, 4) is 0 Å². The SMILES string of the molecule is CC(COC(=O)O)OC(=O)O.O=C1OCC(F)O1.O=c1occo1. The summed E-state index contributed by atoms with van der Waals surface area (Å²) < 4.78 is 35.9. The average Bonchev–Trinajstić information content (AvgIpc) is 3.08. The van der Waals surface area contributed by atoms with Gasteiger partial charge in [-0.3, -0.25) is 0 Å². The fraction of sp³-hybridized carbons (Fsp3) is 0.455. The van der Waals surface area contributed by atoms with Crippen molar-refractivity contribution < 1.29 is 56.8 Å². The van der Waals surface area contributed by atoms with Crippen LogP contribution in [0.15, 0.2) is 26.2 Å². The van der Waals surface area contributed by atoms with Crippen molar-refractivity contribution in [1.29, 1.82) is 0 Å². The zero-order valence-corrected chi connectivity index (χ0v) is 12.1. The third kappa shape index (κ3) is 12.5. The van der Waals surface area contributed by atoms with E-state index in [1.54, 1.807) is 0 Å². The van der Waals surface area contributed by atoms with Crippen LogP contribution in [-0.2, 0) is 18.9 Å². The molecule has 2 atom stereocenters. The first-order chi connectivity index (χ1) is 11.2. The Balaban J connectivity index is 0.000000348. The summed E-state index contributed by atoms with van der Waals surface area (Å²) in [5.41, 5.74) is 0. The molecule has 2 heterocycles. The van der Waals surface area contributed by atoms with E-state index in [1.807, 2.05) is 0 Å². The van der Waals surface area contributed by atoms with Crippen LogP contribution in [0.4, 0.5) is 18.8 Å². The number of carboxylic acid groups (broad SMARTS) is 2. The molecule has 0 amide bonds. The zero-order chi connectivity index (χ0) is 18.5. The minimum absolute atomic E-state index is 0.265. The summed E-state index contributed by atoms with van der Waals surface area (Å²) >= 11 is 0. The standard InChI is InChI=1S/C5H8O6.C3H3FO3.C3H2O3/c1-3(11-5(8)9)2-10-4(6)7;4-2-1-6-3(5)7-2;4-3-5-1-2-6-3/h3H,2H2,1H3,(H,6,7)(H,8,9);2H,1H2;1-2H. The van der Waals surface area contributed by atoms with Gasteiger partial charge in [-0.15, -0.1) is 0 Å². The Morgan fingerprint density at radius 3 is 2.12 bits per heavy atom. The van der Waals surface area contributed by atoms with E-state index in [9.17, 15) is 23.6 Å². The summed E-state index contributed by atoms with van der Waals surface area (Å²) in [6, 6.07) is 0. The van der Waals surface area contributed by atoms with Gasteiger partial charge in [-0.1, -0.05) is 0 Å². The van der Waals surface area contributed by atoms with E-state index in [0.29, 0.717) is 0 Å². The normalized spacial score (nSPS) is 16.1. The van der Waals surface area contributed by atoms with Crippen LogP contribution in [0.1, 0.15) is 6.92 Å². The fourth-order valence-corrected chi connectivity index (χ4v) is 0.895. The average molecular weight is 356 g/mol. The largest absolute Gasteiger partial charge is 0.518 e. The molecule has 12 nitrogen and oxygen atoms in total. The summed E-state index contributed by atoms with van der Waals surface area (Å²) in [4.78, 5) is 39.1. The Labute approximate surface area is 132 Å². The minimum Gasteiger partial charge on any atom is -0.450 e. The summed E-state index contributed by atoms with van der Waals surface area (Å²) in [5.74, 6) is -0.657. The highest BCUT2D eigenvalue weighted by molar-refractivity contribution is 5.61. The number of hydrogen-bond acceptors (Lipinski definition) is 10. The fourth-order valence-electron chi connectivity index (χ4n) is 0.895. The summed E-state index contributed by atoms with van der Waals surface area (Å²) in [6.45, 7) is 0.831. The highest BCUT2D eigenvalue weighted by Gasteiger charge is 2.23. The summed E-state index contributed by atoms with van der Waals surface area (Å²) in [7, 11) is 0. The lowest BCUT2D eigenvalue weighted by Gasteiger charge is -2.08. The van der Waals surface area contributed by atoms with Crippen LogP contribution in [0.2, 0.25) is 0 Å². The molecule has 1 aromatic heterocycles. The highest BCUT2D eigenvalue weighted by Crippen LogP contribution is 2.05. The van der Waals surface area contributed by atoms with E-state index in [4.69, 9.17) is 10.2 Å². The van der Waals surface area contributed by atoms with Gasteiger partial charge in [0, 0.05) is 0 Å². The van der Waals surface area contributed by atoms with E-state index in [1.165, 1.54) is 19.5 Å². The van der Waals surface area contributed by atoms with Gasteiger partial charge in [0.15, 0.2) is 6.61 Å². The van der Waals surface area contributed by atoms with Crippen molar-refractivity contribution in [2.75, 3.05) is 13.2 Å². The van der Waals surface area contributed by atoms with Crippen molar-refractivity contribution in [2.45, 2.75) is 19.4 Å². The first kappa shape index (κ1) is 20.8. The first-order valence-corrected chi connectivity index (χ1v) is 5.95. The van der Waals surface area contributed by atoms with Crippen LogP contribution in [0.3, 0.4) is 0 Å². The second kappa shape index (κ2) is 11.3. The maximum absolute atomic E-state index is 11.6. The lowest BCUT2D eigenvalue weighted by atomic mass is 10.4. The first-order valence-electron chi connectivity index (χ1n) is 5.95. The van der Waals surface area contributed by atoms with Crippen LogP contribution in [-0.4, -0.2) is 54.4 Å². The maximum Gasteiger partial charge on any atom is 0.518 e. The van der Waals surface area contributed by atoms with E-state index in [-0.39, 0.29) is 13.2 Å². The Hall–Kier alpha value is -3.25. The molecule has 0 saturated carbocycles. The van der Waals surface area contributed by atoms with Crippen LogP contribution in [0, 0.1) is 0 Å². The molecule has 0 spiro atoms. The molecule has 1 aliphatic heterocycles. The van der Waals surface area contributed by atoms with Crippen molar-refractivity contribution in [3.05, 3.63) is 23.1 Å². The van der Waals surface area contributed by atoms with Crippen LogP contribution >= 0.6 is 0 Å². The summed E-state index contributed by atoms with van der Waals surface area (Å²) in [6.07, 6.45) is -3.79. The van der Waals surface area contributed by atoms with Gasteiger partial charge >= 0.3 is 24.3 Å². The molecular formula is C11H13FO12. The van der Waals surface area contributed by atoms with E-state index in [2.05, 4.69) is 27.8 Å².